The van der Waals surface area contributed by atoms with Crippen molar-refractivity contribution in [2.24, 2.45) is 0 Å². The number of imide groups is 1. The first-order valence-corrected chi connectivity index (χ1v) is 6.82. The highest BCUT2D eigenvalue weighted by Gasteiger charge is 2.29. The lowest BCUT2D eigenvalue weighted by molar-refractivity contribution is -0.130. The molecule has 0 unspecified atom stereocenters. The van der Waals surface area contributed by atoms with Crippen LogP contribution < -0.4 is 10.6 Å². The molecule has 2 aromatic heterocycles. The number of fused-ring (bicyclic) bond motifs is 1. The van der Waals surface area contributed by atoms with Crippen LogP contribution in [0.5, 0.6) is 0 Å². The summed E-state index contributed by atoms with van der Waals surface area (Å²) < 4.78 is 1.89. The highest BCUT2D eigenvalue weighted by Crippen LogP contribution is 2.10. The Balaban J connectivity index is 1.64. The molecular weight excluding hydrogens is 286 g/mol. The summed E-state index contributed by atoms with van der Waals surface area (Å²) in [6.45, 7) is 1.90. The smallest absolute Gasteiger partial charge is 0.325 e. The van der Waals surface area contributed by atoms with Crippen molar-refractivity contribution in [3.63, 3.8) is 0 Å². The molecule has 0 saturated carbocycles. The number of carbonyl (C=O) groups excluding carboxylic acids is 3. The van der Waals surface area contributed by atoms with Gasteiger partial charge in [-0.2, -0.15) is 0 Å². The van der Waals surface area contributed by atoms with E-state index in [0.29, 0.717) is 0 Å². The number of rotatable bonds is 4. The molecule has 8 nitrogen and oxygen atoms in total. The molecule has 1 saturated heterocycles. The second-order valence-electron chi connectivity index (χ2n) is 5.05. The monoisotopic (exact) mass is 301 g/mol. The Morgan fingerprint density at radius 1 is 1.45 bits per heavy atom. The van der Waals surface area contributed by atoms with Gasteiger partial charge >= 0.3 is 6.03 Å². The third-order valence-corrected chi connectivity index (χ3v) is 3.51. The highest BCUT2D eigenvalue weighted by atomic mass is 16.2. The lowest BCUT2D eigenvalue weighted by Crippen LogP contribution is -2.40. The van der Waals surface area contributed by atoms with Gasteiger partial charge in [-0.3, -0.25) is 14.5 Å². The molecule has 1 fully saturated rings. The molecule has 0 spiro atoms. The molecule has 0 bridgehead atoms. The summed E-state index contributed by atoms with van der Waals surface area (Å²) in [5.74, 6) is -0.793. The molecule has 4 amide bonds. The van der Waals surface area contributed by atoms with E-state index in [9.17, 15) is 14.4 Å². The number of urea groups is 1. The van der Waals surface area contributed by atoms with Crippen molar-refractivity contribution in [1.82, 2.24) is 24.9 Å². The van der Waals surface area contributed by atoms with Gasteiger partial charge in [0.2, 0.25) is 5.91 Å². The topological polar surface area (TPSA) is 95.8 Å². The fourth-order valence-corrected chi connectivity index (χ4v) is 2.34. The summed E-state index contributed by atoms with van der Waals surface area (Å²) in [6.07, 6.45) is 3.56. The Morgan fingerprint density at radius 2 is 2.27 bits per heavy atom. The minimum Gasteiger partial charge on any atom is -0.349 e. The molecule has 0 aromatic carbocycles. The largest absolute Gasteiger partial charge is 0.349 e. The predicted octanol–water partition coefficient (Wildman–Crippen LogP) is -0.189. The molecule has 8 heteroatoms. The fourth-order valence-electron chi connectivity index (χ4n) is 2.34. The number of nitrogens with one attached hydrogen (secondary N) is 2. The van der Waals surface area contributed by atoms with Crippen molar-refractivity contribution in [2.75, 3.05) is 13.1 Å². The van der Waals surface area contributed by atoms with Gasteiger partial charge in [0.05, 0.1) is 25.0 Å². The lowest BCUT2D eigenvalue weighted by atomic mass is 10.3. The number of hydrogen-bond acceptors (Lipinski definition) is 4. The van der Waals surface area contributed by atoms with Gasteiger partial charge < -0.3 is 15.0 Å². The first-order chi connectivity index (χ1) is 10.6. The Morgan fingerprint density at radius 3 is 3.00 bits per heavy atom. The Kier molecular flexibility index (Phi) is 3.50. The molecule has 1 aliphatic heterocycles. The van der Waals surface area contributed by atoms with E-state index in [1.54, 1.807) is 6.20 Å². The summed E-state index contributed by atoms with van der Waals surface area (Å²) in [5, 5.41) is 5.06. The molecule has 0 aliphatic carbocycles. The van der Waals surface area contributed by atoms with Crippen LogP contribution in [0.25, 0.3) is 5.65 Å². The Bertz CT molecular complexity index is 751. The second kappa shape index (κ2) is 5.47. The zero-order valence-electron chi connectivity index (χ0n) is 12.0. The second-order valence-corrected chi connectivity index (χ2v) is 5.05. The molecule has 114 valence electrons. The standard InChI is InChI=1S/C14H15N5O3/c1-9-3-2-4-18-10(6-16-13(9)18)5-15-11(20)8-19-12(21)7-17-14(19)22/h2-4,6H,5,7-8H2,1H3,(H,15,20)(H,17,22). The number of imidazole rings is 1. The number of aromatic nitrogens is 2. The van der Waals surface area contributed by atoms with E-state index in [1.165, 1.54) is 0 Å². The van der Waals surface area contributed by atoms with Crippen molar-refractivity contribution < 1.29 is 14.4 Å². The maximum absolute atomic E-state index is 11.9. The Labute approximate surface area is 126 Å². The predicted molar refractivity (Wildman–Crippen MR) is 76.9 cm³/mol. The minimum atomic E-state index is -0.537. The van der Waals surface area contributed by atoms with E-state index in [-0.39, 0.29) is 19.6 Å². The van der Waals surface area contributed by atoms with Crippen LogP contribution in [-0.2, 0) is 16.1 Å². The van der Waals surface area contributed by atoms with Crippen molar-refractivity contribution in [1.29, 1.82) is 0 Å². The maximum atomic E-state index is 11.9. The lowest BCUT2D eigenvalue weighted by Gasteiger charge is -2.12. The molecule has 1 aliphatic rings. The van der Waals surface area contributed by atoms with E-state index in [4.69, 9.17) is 0 Å². The van der Waals surface area contributed by atoms with Crippen LogP contribution in [0, 0.1) is 6.92 Å². The number of carbonyl (C=O) groups is 3. The van der Waals surface area contributed by atoms with Gasteiger partial charge in [-0.25, -0.2) is 9.78 Å². The quantitative estimate of drug-likeness (QED) is 0.765. The normalized spacial score (nSPS) is 14.5. The van der Waals surface area contributed by atoms with Crippen LogP contribution in [0.2, 0.25) is 0 Å². The van der Waals surface area contributed by atoms with Gasteiger partial charge in [-0.1, -0.05) is 6.07 Å². The third-order valence-electron chi connectivity index (χ3n) is 3.51. The van der Waals surface area contributed by atoms with Crippen LogP contribution in [0.4, 0.5) is 4.79 Å². The summed E-state index contributed by atoms with van der Waals surface area (Å²) >= 11 is 0. The number of pyridine rings is 1. The van der Waals surface area contributed by atoms with Gasteiger partial charge in [-0.15, -0.1) is 0 Å². The first kappa shape index (κ1) is 14.1. The number of nitrogens with zero attached hydrogens (tertiary/aromatic N) is 3. The van der Waals surface area contributed by atoms with Crippen molar-refractivity contribution in [2.45, 2.75) is 13.5 Å². The molecule has 0 radical (unpaired) electrons. The summed E-state index contributed by atoms with van der Waals surface area (Å²) in [4.78, 5) is 39.9. The number of aryl methyl sites for hydroxylation is 1. The van der Waals surface area contributed by atoms with Gasteiger partial charge in [0.15, 0.2) is 0 Å². The molecular formula is C14H15N5O3. The van der Waals surface area contributed by atoms with Gasteiger partial charge in [0, 0.05) is 6.20 Å². The molecule has 2 aromatic rings. The fraction of sp³-hybridized carbons (Fsp3) is 0.286. The van der Waals surface area contributed by atoms with Gasteiger partial charge in [0.1, 0.15) is 12.2 Å². The van der Waals surface area contributed by atoms with E-state index < -0.39 is 17.8 Å². The maximum Gasteiger partial charge on any atom is 0.325 e. The summed E-state index contributed by atoms with van der Waals surface area (Å²) in [5.41, 5.74) is 2.70. The molecule has 0 atom stereocenters. The van der Waals surface area contributed by atoms with Crippen LogP contribution in [-0.4, -0.2) is 45.2 Å². The molecule has 3 rings (SSSR count). The van der Waals surface area contributed by atoms with Crippen LogP contribution in [0.3, 0.4) is 0 Å². The third kappa shape index (κ3) is 2.50. The number of amides is 4. The zero-order valence-corrected chi connectivity index (χ0v) is 12.0. The van der Waals surface area contributed by atoms with Crippen molar-refractivity contribution in [3.8, 4) is 0 Å². The van der Waals surface area contributed by atoms with Gasteiger partial charge in [0.25, 0.3) is 5.91 Å². The average molecular weight is 301 g/mol. The average Bonchev–Trinajstić information content (AvgIpc) is 3.04. The van der Waals surface area contributed by atoms with Crippen LogP contribution in [0.1, 0.15) is 11.3 Å². The highest BCUT2D eigenvalue weighted by molar-refractivity contribution is 6.04. The summed E-state index contributed by atoms with van der Waals surface area (Å²) in [7, 11) is 0. The van der Waals surface area contributed by atoms with E-state index >= 15 is 0 Å². The zero-order chi connectivity index (χ0) is 15.7. The van der Waals surface area contributed by atoms with E-state index in [1.807, 2.05) is 29.7 Å². The first-order valence-electron chi connectivity index (χ1n) is 6.82. The minimum absolute atomic E-state index is 0.0569. The van der Waals surface area contributed by atoms with E-state index in [0.717, 1.165) is 21.8 Å². The summed E-state index contributed by atoms with van der Waals surface area (Å²) in [6, 6.07) is 3.33. The van der Waals surface area contributed by atoms with Crippen molar-refractivity contribution >= 4 is 23.5 Å². The molecule has 2 N–H and O–H groups in total. The van der Waals surface area contributed by atoms with Crippen LogP contribution >= 0.6 is 0 Å². The van der Waals surface area contributed by atoms with Crippen LogP contribution in [0.15, 0.2) is 24.5 Å². The van der Waals surface area contributed by atoms with E-state index in [2.05, 4.69) is 15.6 Å². The SMILES string of the molecule is Cc1cccn2c(CNC(=O)CN3C(=O)CNC3=O)cnc12. The number of hydrogen-bond donors (Lipinski definition) is 2. The Hall–Kier alpha value is -2.90. The van der Waals surface area contributed by atoms with Crippen molar-refractivity contribution in [3.05, 3.63) is 35.8 Å². The molecule has 3 heterocycles. The van der Waals surface area contributed by atoms with Gasteiger partial charge in [-0.05, 0) is 18.6 Å². The molecule has 22 heavy (non-hydrogen) atoms.